The van der Waals surface area contributed by atoms with Gasteiger partial charge in [-0.25, -0.2) is 19.6 Å². The summed E-state index contributed by atoms with van der Waals surface area (Å²) in [5.41, 5.74) is 0.264. The molecule has 0 spiro atoms. The molecule has 0 atom stereocenters. The van der Waals surface area contributed by atoms with Crippen molar-refractivity contribution < 1.29 is 19.4 Å². The van der Waals surface area contributed by atoms with Gasteiger partial charge in [-0.2, -0.15) is 0 Å². The van der Waals surface area contributed by atoms with E-state index in [0.29, 0.717) is 18.0 Å². The summed E-state index contributed by atoms with van der Waals surface area (Å²) in [6.07, 6.45) is 4.05. The molecule has 2 rings (SSSR count). The normalized spacial score (nSPS) is 10.2. The minimum atomic E-state index is -1.11. The van der Waals surface area contributed by atoms with E-state index in [1.807, 2.05) is 0 Å². The highest BCUT2D eigenvalue weighted by molar-refractivity contribution is 5.89. The predicted molar refractivity (Wildman–Crippen MR) is 64.3 cm³/mol. The molecule has 0 saturated heterocycles. The summed E-state index contributed by atoms with van der Waals surface area (Å²) in [6.45, 7) is 2.02. The molecule has 2 heterocycles. The van der Waals surface area contributed by atoms with Gasteiger partial charge in [0, 0.05) is 12.4 Å². The van der Waals surface area contributed by atoms with Crippen LogP contribution in [0.3, 0.4) is 0 Å². The maximum absolute atomic E-state index is 11.4. The number of carbonyl (C=O) groups is 2. The molecule has 98 valence electrons. The van der Waals surface area contributed by atoms with Crippen LogP contribution >= 0.6 is 0 Å². The highest BCUT2D eigenvalue weighted by atomic mass is 16.5. The summed E-state index contributed by atoms with van der Waals surface area (Å²) in [5, 5.41) is 8.76. The monoisotopic (exact) mass is 261 g/mol. The Labute approximate surface area is 108 Å². The molecule has 19 heavy (non-hydrogen) atoms. The Morgan fingerprint density at radius 3 is 2.68 bits per heavy atom. The van der Waals surface area contributed by atoms with E-state index in [1.165, 1.54) is 23.3 Å². The van der Waals surface area contributed by atoms with Crippen molar-refractivity contribution >= 4 is 11.9 Å². The number of imidazole rings is 1. The predicted octanol–water partition coefficient (Wildman–Crippen LogP) is 1.14. The van der Waals surface area contributed by atoms with Gasteiger partial charge >= 0.3 is 11.9 Å². The molecule has 0 radical (unpaired) electrons. The average Bonchev–Trinajstić information content (AvgIpc) is 2.89. The summed E-state index contributed by atoms with van der Waals surface area (Å²) >= 11 is 0. The van der Waals surface area contributed by atoms with Gasteiger partial charge in [0.2, 0.25) is 0 Å². The Morgan fingerprint density at radius 2 is 2.16 bits per heavy atom. The average molecular weight is 261 g/mol. The molecule has 0 aromatic carbocycles. The number of rotatable bonds is 4. The minimum Gasteiger partial charge on any atom is -0.476 e. The van der Waals surface area contributed by atoms with Crippen molar-refractivity contribution in [2.24, 2.45) is 0 Å². The second kappa shape index (κ2) is 5.30. The fourth-order valence-corrected chi connectivity index (χ4v) is 1.43. The molecule has 0 aliphatic heterocycles. The van der Waals surface area contributed by atoms with Gasteiger partial charge in [-0.05, 0) is 19.1 Å². The van der Waals surface area contributed by atoms with Crippen molar-refractivity contribution in [2.75, 3.05) is 6.61 Å². The Morgan fingerprint density at radius 1 is 1.37 bits per heavy atom. The lowest BCUT2D eigenvalue weighted by atomic mass is 10.3. The van der Waals surface area contributed by atoms with Crippen LogP contribution in [0.5, 0.6) is 0 Å². The number of aromatic carboxylic acids is 1. The molecule has 2 aromatic rings. The topological polar surface area (TPSA) is 94.3 Å². The second-order valence-electron chi connectivity index (χ2n) is 3.60. The van der Waals surface area contributed by atoms with E-state index in [2.05, 4.69) is 9.97 Å². The highest BCUT2D eigenvalue weighted by Gasteiger charge is 2.10. The number of hydrogen-bond acceptors (Lipinski definition) is 5. The van der Waals surface area contributed by atoms with Crippen LogP contribution in [0, 0.1) is 0 Å². The number of nitrogens with zero attached hydrogens (tertiary/aromatic N) is 3. The zero-order valence-corrected chi connectivity index (χ0v) is 10.1. The smallest absolute Gasteiger partial charge is 0.356 e. The molecule has 7 heteroatoms. The Balaban J connectivity index is 2.22. The number of ether oxygens (including phenoxy) is 1. The van der Waals surface area contributed by atoms with Crippen LogP contribution in [-0.2, 0) is 4.74 Å². The third kappa shape index (κ3) is 2.76. The summed E-state index contributed by atoms with van der Waals surface area (Å²) in [6, 6.07) is 3.14. The van der Waals surface area contributed by atoms with Gasteiger partial charge in [-0.1, -0.05) is 0 Å². The quantitative estimate of drug-likeness (QED) is 0.829. The third-order valence-electron chi connectivity index (χ3n) is 2.33. The van der Waals surface area contributed by atoms with Gasteiger partial charge in [-0.3, -0.25) is 4.57 Å². The van der Waals surface area contributed by atoms with Gasteiger partial charge in [0.15, 0.2) is 5.69 Å². The lowest BCUT2D eigenvalue weighted by molar-refractivity contribution is 0.0525. The van der Waals surface area contributed by atoms with E-state index in [1.54, 1.807) is 19.1 Å². The lowest BCUT2D eigenvalue weighted by Crippen LogP contribution is -2.06. The number of carbonyl (C=O) groups excluding carboxylic acids is 1. The fourth-order valence-electron chi connectivity index (χ4n) is 1.43. The van der Waals surface area contributed by atoms with E-state index in [4.69, 9.17) is 9.84 Å². The van der Waals surface area contributed by atoms with Gasteiger partial charge in [-0.15, -0.1) is 0 Å². The number of carboxylic acid groups (broad SMARTS) is 1. The summed E-state index contributed by atoms with van der Waals surface area (Å²) in [7, 11) is 0. The molecule has 1 N–H and O–H groups in total. The zero-order valence-electron chi connectivity index (χ0n) is 10.1. The molecule has 0 aliphatic carbocycles. The molecule has 0 fully saturated rings. The van der Waals surface area contributed by atoms with Crippen molar-refractivity contribution in [1.82, 2.24) is 14.5 Å². The Kier molecular flexibility index (Phi) is 3.56. The van der Waals surface area contributed by atoms with Crippen LogP contribution < -0.4 is 0 Å². The molecular weight excluding hydrogens is 250 g/mol. The van der Waals surface area contributed by atoms with Gasteiger partial charge < -0.3 is 9.84 Å². The highest BCUT2D eigenvalue weighted by Crippen LogP contribution is 2.08. The van der Waals surface area contributed by atoms with Crippen LogP contribution in [0.1, 0.15) is 27.8 Å². The maximum Gasteiger partial charge on any atom is 0.356 e. The van der Waals surface area contributed by atoms with Crippen LogP contribution in [0.15, 0.2) is 30.9 Å². The van der Waals surface area contributed by atoms with Crippen LogP contribution in [0.2, 0.25) is 0 Å². The van der Waals surface area contributed by atoms with Gasteiger partial charge in [0.25, 0.3) is 0 Å². The van der Waals surface area contributed by atoms with E-state index in [0.717, 1.165) is 0 Å². The zero-order chi connectivity index (χ0) is 13.8. The molecule has 0 bridgehead atoms. The molecule has 0 aliphatic rings. The lowest BCUT2D eigenvalue weighted by Gasteiger charge is -2.03. The van der Waals surface area contributed by atoms with Crippen LogP contribution in [-0.4, -0.2) is 38.2 Å². The van der Waals surface area contributed by atoms with Crippen molar-refractivity contribution in [1.29, 1.82) is 0 Å². The van der Waals surface area contributed by atoms with Crippen LogP contribution in [0.4, 0.5) is 0 Å². The molecule has 0 unspecified atom stereocenters. The first kappa shape index (κ1) is 12.7. The summed E-state index contributed by atoms with van der Waals surface area (Å²) in [5.74, 6) is -1.09. The molecule has 0 saturated carbocycles. The van der Waals surface area contributed by atoms with E-state index >= 15 is 0 Å². The second-order valence-corrected chi connectivity index (χ2v) is 3.60. The minimum absolute atomic E-state index is 0.0729. The van der Waals surface area contributed by atoms with E-state index < -0.39 is 11.9 Å². The molecular formula is C12H11N3O4. The largest absolute Gasteiger partial charge is 0.476 e. The van der Waals surface area contributed by atoms with Gasteiger partial charge in [0.05, 0.1) is 12.2 Å². The summed E-state index contributed by atoms with van der Waals surface area (Å²) in [4.78, 5) is 29.9. The van der Waals surface area contributed by atoms with Crippen molar-refractivity contribution in [3.63, 3.8) is 0 Å². The number of esters is 1. The fraction of sp³-hybridized carbons (Fsp3) is 0.167. The number of carboxylic acids is 1. The first-order chi connectivity index (χ1) is 9.11. The first-order valence-corrected chi connectivity index (χ1v) is 5.52. The molecule has 0 amide bonds. The standard InChI is InChI=1S/C12H11N3O4/c1-2-19-12(18)8-3-4-10(13-5-8)15-6-9(11(16)17)14-7-15/h3-7H,2H2,1H3,(H,16,17). The van der Waals surface area contributed by atoms with Crippen molar-refractivity contribution in [2.45, 2.75) is 6.92 Å². The van der Waals surface area contributed by atoms with Crippen molar-refractivity contribution in [3.05, 3.63) is 42.1 Å². The van der Waals surface area contributed by atoms with Gasteiger partial charge in [0.1, 0.15) is 12.1 Å². The molecule has 2 aromatic heterocycles. The van der Waals surface area contributed by atoms with Crippen molar-refractivity contribution in [3.8, 4) is 5.82 Å². The Bertz CT molecular complexity index is 604. The van der Waals surface area contributed by atoms with E-state index in [-0.39, 0.29) is 5.69 Å². The summed E-state index contributed by atoms with van der Waals surface area (Å²) < 4.78 is 6.29. The SMILES string of the molecule is CCOC(=O)c1ccc(-n2cnc(C(=O)O)c2)nc1. The number of hydrogen-bond donors (Lipinski definition) is 1. The number of pyridine rings is 1. The third-order valence-corrected chi connectivity index (χ3v) is 2.33. The van der Waals surface area contributed by atoms with Crippen LogP contribution in [0.25, 0.3) is 5.82 Å². The molecule has 7 nitrogen and oxygen atoms in total. The van der Waals surface area contributed by atoms with E-state index in [9.17, 15) is 9.59 Å². The Hall–Kier alpha value is -2.70. The first-order valence-electron chi connectivity index (χ1n) is 5.52. The maximum atomic E-state index is 11.4. The number of aromatic nitrogens is 3.